The zero-order valence-electron chi connectivity index (χ0n) is 13.9. The molecule has 3 rings (SSSR count). The van der Waals surface area contributed by atoms with Crippen LogP contribution in [-0.4, -0.2) is 19.2 Å². The van der Waals surface area contributed by atoms with Crippen LogP contribution in [0.1, 0.15) is 23.1 Å². The summed E-state index contributed by atoms with van der Waals surface area (Å²) in [5.74, 6) is 0.868. The third kappa shape index (κ3) is 3.98. The van der Waals surface area contributed by atoms with Gasteiger partial charge in [0, 0.05) is 11.4 Å². The predicted octanol–water partition coefficient (Wildman–Crippen LogP) is 3.27. The molecule has 126 valence electrons. The molecule has 5 nitrogen and oxygen atoms in total. The van der Waals surface area contributed by atoms with E-state index < -0.39 is 0 Å². The number of aryl methyl sites for hydroxylation is 3. The number of hydrogen-bond donors (Lipinski definition) is 3. The minimum atomic E-state index is -0.253. The zero-order chi connectivity index (χ0) is 16.9. The Morgan fingerprint density at radius 2 is 2.00 bits per heavy atom. The molecule has 0 spiro atoms. The Hall–Kier alpha value is -2.69. The van der Waals surface area contributed by atoms with Gasteiger partial charge in [0.25, 0.3) is 0 Å². The highest BCUT2D eigenvalue weighted by molar-refractivity contribution is 5.89. The lowest BCUT2D eigenvalue weighted by atomic mass is 10.1. The number of carbonyl (C=O) groups is 1. The molecule has 0 saturated carbocycles. The molecule has 0 bridgehead atoms. The predicted molar refractivity (Wildman–Crippen MR) is 96.6 cm³/mol. The minimum Gasteiger partial charge on any atom is -0.492 e. The summed E-state index contributed by atoms with van der Waals surface area (Å²) in [6.07, 6.45) is 3.53. The Morgan fingerprint density at radius 3 is 2.83 bits per heavy atom. The van der Waals surface area contributed by atoms with Crippen molar-refractivity contribution in [3.05, 3.63) is 53.1 Å². The quantitative estimate of drug-likeness (QED) is 0.583. The van der Waals surface area contributed by atoms with E-state index in [1.807, 2.05) is 19.1 Å². The van der Waals surface area contributed by atoms with Crippen molar-refractivity contribution in [1.82, 2.24) is 5.32 Å². The van der Waals surface area contributed by atoms with E-state index in [1.165, 1.54) is 24.0 Å². The lowest BCUT2D eigenvalue weighted by molar-refractivity contribution is 0.247. The fraction of sp³-hybridized carbons (Fsp3) is 0.316. The van der Waals surface area contributed by atoms with Crippen LogP contribution in [0.4, 0.5) is 16.2 Å². The number of amides is 2. The fourth-order valence-electron chi connectivity index (χ4n) is 2.90. The van der Waals surface area contributed by atoms with E-state index in [4.69, 9.17) is 10.5 Å². The van der Waals surface area contributed by atoms with E-state index in [1.54, 1.807) is 12.1 Å². The van der Waals surface area contributed by atoms with Gasteiger partial charge in [-0.15, -0.1) is 0 Å². The van der Waals surface area contributed by atoms with Crippen LogP contribution in [0.25, 0.3) is 0 Å². The molecule has 2 amide bonds. The summed E-state index contributed by atoms with van der Waals surface area (Å²) in [5, 5.41) is 5.56. The maximum atomic E-state index is 11.9. The van der Waals surface area contributed by atoms with E-state index in [-0.39, 0.29) is 6.03 Å². The van der Waals surface area contributed by atoms with Crippen molar-refractivity contribution in [3.63, 3.8) is 0 Å². The molecule has 2 aromatic carbocycles. The van der Waals surface area contributed by atoms with E-state index >= 15 is 0 Å². The monoisotopic (exact) mass is 325 g/mol. The van der Waals surface area contributed by atoms with E-state index in [2.05, 4.69) is 22.8 Å². The third-order valence-electron chi connectivity index (χ3n) is 4.25. The average Bonchev–Trinajstić information content (AvgIpc) is 3.03. The normalized spacial score (nSPS) is 12.5. The second kappa shape index (κ2) is 7.25. The van der Waals surface area contributed by atoms with Crippen LogP contribution in [0, 0.1) is 6.92 Å². The van der Waals surface area contributed by atoms with E-state index in [0.29, 0.717) is 18.8 Å². The molecule has 0 unspecified atom stereocenters. The van der Waals surface area contributed by atoms with Crippen LogP contribution in [-0.2, 0) is 12.8 Å². The molecule has 2 aromatic rings. The van der Waals surface area contributed by atoms with Gasteiger partial charge in [0.2, 0.25) is 0 Å². The van der Waals surface area contributed by atoms with Gasteiger partial charge in [-0.25, -0.2) is 4.79 Å². The number of nitrogens with one attached hydrogen (secondary N) is 2. The Balaban J connectivity index is 1.41. The van der Waals surface area contributed by atoms with Crippen molar-refractivity contribution in [1.29, 1.82) is 0 Å². The van der Waals surface area contributed by atoms with Crippen LogP contribution >= 0.6 is 0 Å². The summed E-state index contributed by atoms with van der Waals surface area (Å²) in [4.78, 5) is 11.9. The maximum Gasteiger partial charge on any atom is 0.319 e. The van der Waals surface area contributed by atoms with Crippen molar-refractivity contribution in [3.8, 4) is 5.75 Å². The van der Waals surface area contributed by atoms with Crippen molar-refractivity contribution in [2.75, 3.05) is 24.2 Å². The van der Waals surface area contributed by atoms with Crippen LogP contribution in [0.3, 0.4) is 0 Å². The van der Waals surface area contributed by atoms with Gasteiger partial charge in [0.15, 0.2) is 0 Å². The summed E-state index contributed by atoms with van der Waals surface area (Å²) in [7, 11) is 0. The van der Waals surface area contributed by atoms with Crippen molar-refractivity contribution < 1.29 is 9.53 Å². The minimum absolute atomic E-state index is 0.253. The first-order chi connectivity index (χ1) is 11.6. The number of fused-ring (bicyclic) bond motifs is 1. The number of benzene rings is 2. The van der Waals surface area contributed by atoms with E-state index in [0.717, 1.165) is 23.4 Å². The number of ether oxygens (including phenoxy) is 1. The smallest absolute Gasteiger partial charge is 0.319 e. The highest BCUT2D eigenvalue weighted by Gasteiger charge is 2.11. The third-order valence-corrected chi connectivity index (χ3v) is 4.25. The molecule has 0 fully saturated rings. The molecular formula is C19H23N3O2. The molecule has 0 atom stereocenters. The number of hydrogen-bond acceptors (Lipinski definition) is 3. The first-order valence-electron chi connectivity index (χ1n) is 8.27. The van der Waals surface area contributed by atoms with Crippen molar-refractivity contribution >= 4 is 17.4 Å². The van der Waals surface area contributed by atoms with Crippen LogP contribution in [0.2, 0.25) is 0 Å². The zero-order valence-corrected chi connectivity index (χ0v) is 13.9. The number of nitrogen functional groups attached to an aromatic ring is 1. The Bertz CT molecular complexity index is 743. The van der Waals surface area contributed by atoms with Gasteiger partial charge in [0.05, 0.1) is 6.54 Å². The molecule has 5 heteroatoms. The summed E-state index contributed by atoms with van der Waals surface area (Å²) in [6.45, 7) is 2.78. The Labute approximate surface area is 142 Å². The maximum absolute atomic E-state index is 11.9. The van der Waals surface area contributed by atoms with Gasteiger partial charge < -0.3 is 21.1 Å². The number of urea groups is 1. The second-order valence-corrected chi connectivity index (χ2v) is 6.08. The van der Waals surface area contributed by atoms with Crippen LogP contribution in [0.15, 0.2) is 36.4 Å². The van der Waals surface area contributed by atoms with Crippen molar-refractivity contribution in [2.24, 2.45) is 0 Å². The van der Waals surface area contributed by atoms with E-state index in [9.17, 15) is 4.79 Å². The van der Waals surface area contributed by atoms with Crippen LogP contribution in [0.5, 0.6) is 5.75 Å². The standard InChI is InChI=1S/C19H23N3O2/c1-13-11-16(6-8-18(13)20)22-19(23)21-9-10-24-17-7-5-14-3-2-4-15(14)12-17/h5-8,11-12H,2-4,9-10,20H2,1H3,(H2,21,22,23). The van der Waals surface area contributed by atoms with Gasteiger partial charge in [-0.3, -0.25) is 0 Å². The van der Waals surface area contributed by atoms with Gasteiger partial charge in [-0.05, 0) is 73.2 Å². The lowest BCUT2D eigenvalue weighted by Crippen LogP contribution is -2.32. The second-order valence-electron chi connectivity index (χ2n) is 6.08. The average molecular weight is 325 g/mol. The molecule has 24 heavy (non-hydrogen) atoms. The molecule has 1 aliphatic rings. The molecule has 0 radical (unpaired) electrons. The largest absolute Gasteiger partial charge is 0.492 e. The van der Waals surface area contributed by atoms with Gasteiger partial charge in [-0.1, -0.05) is 6.07 Å². The Kier molecular flexibility index (Phi) is 4.89. The molecule has 0 saturated heterocycles. The number of anilines is 2. The fourth-order valence-corrected chi connectivity index (χ4v) is 2.90. The highest BCUT2D eigenvalue weighted by atomic mass is 16.5. The van der Waals surface area contributed by atoms with Gasteiger partial charge in [0.1, 0.15) is 12.4 Å². The summed E-state index contributed by atoms with van der Waals surface area (Å²) in [6, 6.07) is 11.4. The molecule has 1 aliphatic carbocycles. The number of nitrogens with two attached hydrogens (primary N) is 1. The van der Waals surface area contributed by atoms with Gasteiger partial charge in [-0.2, -0.15) is 0 Å². The number of rotatable bonds is 5. The topological polar surface area (TPSA) is 76.4 Å². The summed E-state index contributed by atoms with van der Waals surface area (Å²) in [5.41, 5.74) is 10.9. The summed E-state index contributed by atoms with van der Waals surface area (Å²) < 4.78 is 5.71. The number of carbonyl (C=O) groups excluding carboxylic acids is 1. The first-order valence-corrected chi connectivity index (χ1v) is 8.27. The van der Waals surface area contributed by atoms with Crippen LogP contribution < -0.4 is 21.1 Å². The Morgan fingerprint density at radius 1 is 1.17 bits per heavy atom. The lowest BCUT2D eigenvalue weighted by Gasteiger charge is -2.11. The molecule has 0 heterocycles. The van der Waals surface area contributed by atoms with Crippen molar-refractivity contribution in [2.45, 2.75) is 26.2 Å². The summed E-state index contributed by atoms with van der Waals surface area (Å²) >= 11 is 0. The highest BCUT2D eigenvalue weighted by Crippen LogP contribution is 2.25. The molecule has 0 aromatic heterocycles. The van der Waals surface area contributed by atoms with Gasteiger partial charge >= 0.3 is 6.03 Å². The molecule has 4 N–H and O–H groups in total. The molecular weight excluding hydrogens is 302 g/mol. The first kappa shape index (κ1) is 16.2. The SMILES string of the molecule is Cc1cc(NC(=O)NCCOc2ccc3c(c2)CCC3)ccc1N. The molecule has 0 aliphatic heterocycles.